The van der Waals surface area contributed by atoms with Crippen LogP contribution in [0.25, 0.3) is 0 Å². The first-order chi connectivity index (χ1) is 8.88. The van der Waals surface area contributed by atoms with E-state index in [1.807, 2.05) is 24.3 Å². The van der Waals surface area contributed by atoms with Crippen LogP contribution in [0.5, 0.6) is 11.5 Å². The zero-order valence-corrected chi connectivity index (χ0v) is 11.2. The summed E-state index contributed by atoms with van der Waals surface area (Å²) >= 11 is 0. The van der Waals surface area contributed by atoms with Gasteiger partial charge in [-0.05, 0) is 56.0 Å². The number of rotatable bonds is 9. The summed E-state index contributed by atoms with van der Waals surface area (Å²) in [4.78, 5) is 0. The molecular weight excluding hydrogens is 226 g/mol. The summed E-state index contributed by atoms with van der Waals surface area (Å²) < 4.78 is 11.2. The van der Waals surface area contributed by atoms with E-state index >= 15 is 0 Å². The zero-order chi connectivity index (χ0) is 12.6. The van der Waals surface area contributed by atoms with Gasteiger partial charge in [0.15, 0.2) is 0 Å². The highest BCUT2D eigenvalue weighted by atomic mass is 16.5. The minimum absolute atomic E-state index is 0.724. The second kappa shape index (κ2) is 7.27. The lowest BCUT2D eigenvalue weighted by Gasteiger charge is -2.08. The lowest BCUT2D eigenvalue weighted by Crippen LogP contribution is -2.23. The van der Waals surface area contributed by atoms with Crippen molar-refractivity contribution in [1.29, 1.82) is 0 Å². The molecule has 2 rings (SSSR count). The van der Waals surface area contributed by atoms with Crippen LogP contribution in [-0.2, 0) is 0 Å². The molecule has 0 aliphatic heterocycles. The van der Waals surface area contributed by atoms with E-state index in [2.05, 4.69) is 12.2 Å². The fourth-order valence-electron chi connectivity index (χ4n) is 1.72. The molecule has 1 aromatic rings. The Morgan fingerprint density at radius 1 is 1.06 bits per heavy atom. The first-order valence-electron chi connectivity index (χ1n) is 6.95. The van der Waals surface area contributed by atoms with Gasteiger partial charge in [-0.15, -0.1) is 0 Å². The molecule has 0 amide bonds. The van der Waals surface area contributed by atoms with Crippen molar-refractivity contribution in [1.82, 2.24) is 5.32 Å². The maximum absolute atomic E-state index is 5.65. The lowest BCUT2D eigenvalue weighted by atomic mass is 10.3. The molecule has 3 nitrogen and oxygen atoms in total. The maximum atomic E-state index is 5.65. The maximum Gasteiger partial charge on any atom is 0.119 e. The van der Waals surface area contributed by atoms with E-state index in [9.17, 15) is 0 Å². The smallest absolute Gasteiger partial charge is 0.119 e. The van der Waals surface area contributed by atoms with Crippen LogP contribution in [0, 0.1) is 5.92 Å². The van der Waals surface area contributed by atoms with Crippen molar-refractivity contribution < 1.29 is 9.47 Å². The summed E-state index contributed by atoms with van der Waals surface area (Å²) in [6, 6.07) is 7.85. The zero-order valence-electron chi connectivity index (χ0n) is 11.2. The molecule has 3 heteroatoms. The van der Waals surface area contributed by atoms with Gasteiger partial charge in [0.05, 0.1) is 6.61 Å². The quantitative estimate of drug-likeness (QED) is 0.683. The second-order valence-corrected chi connectivity index (χ2v) is 4.82. The molecule has 1 aliphatic carbocycles. The van der Waals surface area contributed by atoms with Crippen molar-refractivity contribution in [2.45, 2.75) is 26.2 Å². The van der Waals surface area contributed by atoms with Gasteiger partial charge < -0.3 is 14.8 Å². The summed E-state index contributed by atoms with van der Waals surface area (Å²) in [7, 11) is 0. The third-order valence-electron chi connectivity index (χ3n) is 2.97. The SMILES string of the molecule is CCCOc1ccc(OCCNCC2CC2)cc1. The third-order valence-corrected chi connectivity index (χ3v) is 2.97. The standard InChI is InChI=1S/C15H23NO2/c1-2-10-17-14-5-7-15(8-6-14)18-11-9-16-12-13-3-4-13/h5-8,13,16H,2-4,9-12H2,1H3. The molecule has 0 unspecified atom stereocenters. The Morgan fingerprint density at radius 3 is 2.22 bits per heavy atom. The molecule has 0 radical (unpaired) electrons. The Labute approximate surface area is 109 Å². The normalized spacial score (nSPS) is 14.5. The Kier molecular flexibility index (Phi) is 5.34. The first kappa shape index (κ1) is 13.2. The molecule has 1 fully saturated rings. The van der Waals surface area contributed by atoms with Crippen LogP contribution < -0.4 is 14.8 Å². The van der Waals surface area contributed by atoms with Crippen molar-refractivity contribution in [2.75, 3.05) is 26.3 Å². The molecule has 0 bridgehead atoms. The van der Waals surface area contributed by atoms with Gasteiger partial charge in [-0.2, -0.15) is 0 Å². The van der Waals surface area contributed by atoms with Gasteiger partial charge in [-0.1, -0.05) is 6.92 Å². The Morgan fingerprint density at radius 2 is 1.67 bits per heavy atom. The van der Waals surface area contributed by atoms with Crippen LogP contribution >= 0.6 is 0 Å². The summed E-state index contributed by atoms with van der Waals surface area (Å²) in [5, 5.41) is 3.41. The lowest BCUT2D eigenvalue weighted by molar-refractivity contribution is 0.306. The van der Waals surface area contributed by atoms with E-state index in [0.717, 1.165) is 50.1 Å². The third kappa shape index (κ3) is 4.96. The van der Waals surface area contributed by atoms with Gasteiger partial charge >= 0.3 is 0 Å². The average Bonchev–Trinajstić information content (AvgIpc) is 3.21. The van der Waals surface area contributed by atoms with Crippen molar-refractivity contribution in [3.63, 3.8) is 0 Å². The molecule has 0 spiro atoms. The van der Waals surface area contributed by atoms with E-state index < -0.39 is 0 Å². The Hall–Kier alpha value is -1.22. The van der Waals surface area contributed by atoms with E-state index in [-0.39, 0.29) is 0 Å². The van der Waals surface area contributed by atoms with E-state index in [0.29, 0.717) is 0 Å². The van der Waals surface area contributed by atoms with Crippen molar-refractivity contribution in [3.8, 4) is 11.5 Å². The van der Waals surface area contributed by atoms with Gasteiger partial charge in [0.2, 0.25) is 0 Å². The molecule has 1 N–H and O–H groups in total. The highest BCUT2D eigenvalue weighted by Crippen LogP contribution is 2.27. The first-order valence-corrected chi connectivity index (χ1v) is 6.95. The molecule has 0 atom stereocenters. The second-order valence-electron chi connectivity index (χ2n) is 4.82. The van der Waals surface area contributed by atoms with E-state index in [4.69, 9.17) is 9.47 Å². The predicted molar refractivity (Wildman–Crippen MR) is 73.3 cm³/mol. The van der Waals surface area contributed by atoms with Crippen LogP contribution in [0.3, 0.4) is 0 Å². The Balaban J connectivity index is 1.59. The van der Waals surface area contributed by atoms with Crippen molar-refractivity contribution in [3.05, 3.63) is 24.3 Å². The minimum atomic E-state index is 0.724. The number of hydrogen-bond acceptors (Lipinski definition) is 3. The van der Waals surface area contributed by atoms with Crippen LogP contribution in [-0.4, -0.2) is 26.3 Å². The molecule has 100 valence electrons. The van der Waals surface area contributed by atoms with Crippen LogP contribution in [0.4, 0.5) is 0 Å². The highest BCUT2D eigenvalue weighted by Gasteiger charge is 2.19. The van der Waals surface area contributed by atoms with Crippen LogP contribution in [0.1, 0.15) is 26.2 Å². The molecule has 0 heterocycles. The summed E-state index contributed by atoms with van der Waals surface area (Å²) in [5.41, 5.74) is 0. The molecule has 0 saturated heterocycles. The van der Waals surface area contributed by atoms with Crippen LogP contribution in [0.2, 0.25) is 0 Å². The number of ether oxygens (including phenoxy) is 2. The molecule has 1 aliphatic rings. The highest BCUT2D eigenvalue weighted by molar-refractivity contribution is 5.31. The fourth-order valence-corrected chi connectivity index (χ4v) is 1.72. The molecule has 18 heavy (non-hydrogen) atoms. The Bertz CT molecular complexity index is 333. The molecular formula is C15H23NO2. The van der Waals surface area contributed by atoms with E-state index in [1.165, 1.54) is 12.8 Å². The van der Waals surface area contributed by atoms with Gasteiger partial charge in [0.25, 0.3) is 0 Å². The van der Waals surface area contributed by atoms with Gasteiger partial charge in [0, 0.05) is 6.54 Å². The summed E-state index contributed by atoms with van der Waals surface area (Å²) in [5.74, 6) is 2.75. The van der Waals surface area contributed by atoms with Gasteiger partial charge in [-0.3, -0.25) is 0 Å². The molecule has 1 aromatic carbocycles. The van der Waals surface area contributed by atoms with Gasteiger partial charge in [-0.25, -0.2) is 0 Å². The van der Waals surface area contributed by atoms with Crippen molar-refractivity contribution >= 4 is 0 Å². The molecule has 1 saturated carbocycles. The van der Waals surface area contributed by atoms with Gasteiger partial charge in [0.1, 0.15) is 18.1 Å². The molecule has 0 aromatic heterocycles. The van der Waals surface area contributed by atoms with Crippen LogP contribution in [0.15, 0.2) is 24.3 Å². The number of hydrogen-bond donors (Lipinski definition) is 1. The number of nitrogens with one attached hydrogen (secondary N) is 1. The summed E-state index contributed by atoms with van der Waals surface area (Å²) in [6.45, 7) is 5.66. The largest absolute Gasteiger partial charge is 0.494 e. The fraction of sp³-hybridized carbons (Fsp3) is 0.600. The summed E-state index contributed by atoms with van der Waals surface area (Å²) in [6.07, 6.45) is 3.82. The minimum Gasteiger partial charge on any atom is -0.494 e. The topological polar surface area (TPSA) is 30.5 Å². The van der Waals surface area contributed by atoms with E-state index in [1.54, 1.807) is 0 Å². The number of benzene rings is 1. The predicted octanol–water partition coefficient (Wildman–Crippen LogP) is 2.85. The monoisotopic (exact) mass is 249 g/mol. The van der Waals surface area contributed by atoms with Crippen molar-refractivity contribution in [2.24, 2.45) is 5.92 Å². The average molecular weight is 249 g/mol.